The number of amides is 1. The van der Waals surface area contributed by atoms with Gasteiger partial charge in [-0.1, -0.05) is 42.5 Å². The van der Waals surface area contributed by atoms with Gasteiger partial charge >= 0.3 is 0 Å². The molecule has 0 fully saturated rings. The second-order valence-corrected chi connectivity index (χ2v) is 7.28. The highest BCUT2D eigenvalue weighted by Crippen LogP contribution is 2.31. The molecule has 2 N–H and O–H groups in total. The summed E-state index contributed by atoms with van der Waals surface area (Å²) in [7, 11) is 0. The Morgan fingerprint density at radius 3 is 2.57 bits per heavy atom. The maximum Gasteiger partial charge on any atom is 0.254 e. The molecule has 1 aromatic heterocycles. The summed E-state index contributed by atoms with van der Waals surface area (Å²) in [5, 5.41) is 13.0. The minimum Gasteiger partial charge on any atom is -0.550 e. The van der Waals surface area contributed by atoms with E-state index in [0.29, 0.717) is 11.3 Å². The highest BCUT2D eigenvalue weighted by atomic mass is 16.4. The van der Waals surface area contributed by atoms with Crippen molar-refractivity contribution in [1.29, 1.82) is 0 Å². The fourth-order valence-corrected chi connectivity index (χ4v) is 3.57. The number of aromatic amines is 1. The van der Waals surface area contributed by atoms with Crippen molar-refractivity contribution >= 4 is 28.5 Å². The fraction of sp³-hybridized carbons (Fsp3) is 0.174. The van der Waals surface area contributed by atoms with Gasteiger partial charge in [0.1, 0.15) is 6.04 Å². The smallest absolute Gasteiger partial charge is 0.254 e. The number of carbonyl (C=O) groups is 2. The Labute approximate surface area is 172 Å². The maximum absolute atomic E-state index is 12.9. The number of aryl methyl sites for hydroxylation is 1. The van der Waals surface area contributed by atoms with Crippen LogP contribution in [0.3, 0.4) is 0 Å². The largest absolute Gasteiger partial charge is 0.550 e. The number of rotatable bonds is 5. The molecule has 7 heteroatoms. The molecule has 7 nitrogen and oxygen atoms in total. The van der Waals surface area contributed by atoms with Crippen molar-refractivity contribution in [2.24, 2.45) is 0 Å². The van der Waals surface area contributed by atoms with E-state index in [-0.39, 0.29) is 12.0 Å². The monoisotopic (exact) mass is 402 g/mol. The molecule has 152 valence electrons. The van der Waals surface area contributed by atoms with Gasteiger partial charge in [-0.3, -0.25) is 15.0 Å². The number of hydrogen-bond donors (Lipinski definition) is 2. The molecular weight excluding hydrogens is 382 g/mol. The van der Waals surface area contributed by atoms with Gasteiger partial charge in [0.05, 0.1) is 5.70 Å². The molecule has 0 radical (unpaired) electrons. The Balaban J connectivity index is 1.77. The van der Waals surface area contributed by atoms with E-state index < -0.39 is 24.3 Å². The van der Waals surface area contributed by atoms with Crippen LogP contribution in [0.1, 0.15) is 35.6 Å². The molecule has 1 aliphatic rings. The van der Waals surface area contributed by atoms with E-state index in [1.54, 1.807) is 12.1 Å². The lowest BCUT2D eigenvalue weighted by Gasteiger charge is -2.25. The van der Waals surface area contributed by atoms with Crippen molar-refractivity contribution in [3.8, 4) is 0 Å². The van der Waals surface area contributed by atoms with Crippen LogP contribution in [-0.4, -0.2) is 21.9 Å². The molecule has 2 aromatic carbocycles. The van der Waals surface area contributed by atoms with Gasteiger partial charge in [0, 0.05) is 23.5 Å². The number of carbonyl (C=O) groups excluding carboxylic acids is 2. The molecule has 1 atom stereocenters. The number of aliphatic carboxylic acids is 1. The number of hydrazine groups is 1. The van der Waals surface area contributed by atoms with E-state index >= 15 is 0 Å². The molecule has 30 heavy (non-hydrogen) atoms. The number of H-pyrrole nitrogens is 1. The lowest BCUT2D eigenvalue weighted by molar-refractivity contribution is -0.305. The molecule has 1 amide bonds. The summed E-state index contributed by atoms with van der Waals surface area (Å²) in [6, 6.07) is 16.2. The lowest BCUT2D eigenvalue weighted by atomic mass is 10.0. The molecule has 2 heterocycles. The summed E-state index contributed by atoms with van der Waals surface area (Å²) < 4.78 is 0. The predicted octanol–water partition coefficient (Wildman–Crippen LogP) is 1.80. The van der Waals surface area contributed by atoms with Crippen molar-refractivity contribution < 1.29 is 14.7 Å². The van der Waals surface area contributed by atoms with E-state index in [4.69, 9.17) is 0 Å². The SMILES string of the molecule is Cc1ccc2cc([C@@H]3C=C(c4ccccc4)NN3C(=O)CCC(=O)[O-])c(=O)[nH]c2c1. The number of hydrogen-bond acceptors (Lipinski definition) is 5. The molecule has 4 rings (SSSR count). The highest BCUT2D eigenvalue weighted by Gasteiger charge is 2.32. The fourth-order valence-electron chi connectivity index (χ4n) is 3.57. The van der Waals surface area contributed by atoms with Gasteiger partial charge in [-0.05, 0) is 48.1 Å². The van der Waals surface area contributed by atoms with E-state index in [2.05, 4.69) is 10.4 Å². The quantitative estimate of drug-likeness (QED) is 0.677. The first-order valence-electron chi connectivity index (χ1n) is 9.62. The van der Waals surface area contributed by atoms with Crippen LogP contribution in [-0.2, 0) is 9.59 Å². The van der Waals surface area contributed by atoms with Crippen molar-refractivity contribution in [3.05, 3.63) is 87.7 Å². The number of aromatic nitrogens is 1. The molecule has 0 bridgehead atoms. The standard InChI is InChI=1S/C23H21N3O4/c1-14-7-8-16-12-17(23(30)24-18(16)11-14)20-13-19(15-5-3-2-4-6-15)25-26(20)21(27)9-10-22(28)29/h2-8,11-13,20,25H,9-10H2,1H3,(H,24,30)(H,28,29)/p-1/t20-/m0/s1. The number of nitrogens with one attached hydrogen (secondary N) is 2. The number of carboxylic acid groups (broad SMARTS) is 1. The van der Waals surface area contributed by atoms with Crippen molar-refractivity contribution in [2.45, 2.75) is 25.8 Å². The second-order valence-electron chi connectivity index (χ2n) is 7.28. The zero-order valence-corrected chi connectivity index (χ0v) is 16.3. The first-order chi connectivity index (χ1) is 14.4. The third kappa shape index (κ3) is 3.82. The van der Waals surface area contributed by atoms with Crippen molar-refractivity contribution in [2.75, 3.05) is 0 Å². The van der Waals surface area contributed by atoms with E-state index in [1.165, 1.54) is 5.01 Å². The second kappa shape index (κ2) is 7.87. The normalized spacial score (nSPS) is 15.7. The summed E-state index contributed by atoms with van der Waals surface area (Å²) in [5.41, 5.74) is 6.41. The van der Waals surface area contributed by atoms with Crippen LogP contribution >= 0.6 is 0 Å². The Morgan fingerprint density at radius 2 is 1.83 bits per heavy atom. The Bertz CT molecular complexity index is 1210. The van der Waals surface area contributed by atoms with Gasteiger partial charge in [-0.15, -0.1) is 0 Å². The molecule has 1 aliphatic heterocycles. The predicted molar refractivity (Wildman–Crippen MR) is 111 cm³/mol. The first-order valence-corrected chi connectivity index (χ1v) is 9.62. The third-order valence-corrected chi connectivity index (χ3v) is 5.09. The summed E-state index contributed by atoms with van der Waals surface area (Å²) in [5.74, 6) is -1.73. The van der Waals surface area contributed by atoms with E-state index in [1.807, 2.05) is 55.5 Å². The van der Waals surface area contributed by atoms with Gasteiger partial charge in [0.15, 0.2) is 0 Å². The van der Waals surface area contributed by atoms with E-state index in [0.717, 1.165) is 22.0 Å². The molecule has 3 aromatic rings. The number of benzene rings is 2. The van der Waals surface area contributed by atoms with Gasteiger partial charge in [0.25, 0.3) is 5.56 Å². The molecule has 0 saturated carbocycles. The Hall–Kier alpha value is -3.87. The van der Waals surface area contributed by atoms with Gasteiger partial charge in [-0.25, -0.2) is 5.01 Å². The van der Waals surface area contributed by atoms with Crippen molar-refractivity contribution in [3.63, 3.8) is 0 Å². The van der Waals surface area contributed by atoms with Crippen LogP contribution in [0.4, 0.5) is 0 Å². The minimum absolute atomic E-state index is 0.230. The summed E-state index contributed by atoms with van der Waals surface area (Å²) in [6.07, 6.45) is 1.18. The number of fused-ring (bicyclic) bond motifs is 1. The van der Waals surface area contributed by atoms with Crippen LogP contribution in [0.15, 0.2) is 65.5 Å². The zero-order valence-electron chi connectivity index (χ0n) is 16.3. The highest BCUT2D eigenvalue weighted by molar-refractivity contribution is 5.84. The Kier molecular flexibility index (Phi) is 5.10. The van der Waals surface area contributed by atoms with Crippen LogP contribution in [0.25, 0.3) is 16.6 Å². The molecule has 0 spiro atoms. The number of nitrogens with zero attached hydrogens (tertiary/aromatic N) is 1. The minimum atomic E-state index is -1.30. The molecular formula is C23H20N3O4-. The zero-order chi connectivity index (χ0) is 21.3. The number of carboxylic acids is 1. The van der Waals surface area contributed by atoms with Crippen LogP contribution in [0.5, 0.6) is 0 Å². The molecule has 0 saturated heterocycles. The van der Waals surface area contributed by atoms with Crippen LogP contribution in [0.2, 0.25) is 0 Å². The maximum atomic E-state index is 12.9. The summed E-state index contributed by atoms with van der Waals surface area (Å²) in [6.45, 7) is 1.94. The summed E-state index contributed by atoms with van der Waals surface area (Å²) in [4.78, 5) is 39.3. The topological polar surface area (TPSA) is 105 Å². The van der Waals surface area contributed by atoms with Gasteiger partial charge < -0.3 is 14.9 Å². The van der Waals surface area contributed by atoms with Crippen LogP contribution < -0.4 is 16.1 Å². The van der Waals surface area contributed by atoms with Crippen molar-refractivity contribution in [1.82, 2.24) is 15.4 Å². The molecule has 0 aliphatic carbocycles. The summed E-state index contributed by atoms with van der Waals surface area (Å²) >= 11 is 0. The van der Waals surface area contributed by atoms with Gasteiger partial charge in [-0.2, -0.15) is 0 Å². The average molecular weight is 402 g/mol. The average Bonchev–Trinajstić information content (AvgIpc) is 3.17. The first kappa shape index (κ1) is 19.4. The van der Waals surface area contributed by atoms with Crippen LogP contribution in [0, 0.1) is 6.92 Å². The molecule has 0 unspecified atom stereocenters. The lowest BCUT2D eigenvalue weighted by Crippen LogP contribution is -2.41. The Morgan fingerprint density at radius 1 is 1.07 bits per heavy atom. The van der Waals surface area contributed by atoms with E-state index in [9.17, 15) is 19.5 Å². The number of pyridine rings is 1. The third-order valence-electron chi connectivity index (χ3n) is 5.09. The van der Waals surface area contributed by atoms with Gasteiger partial charge in [0.2, 0.25) is 5.91 Å².